The Hall–Kier alpha value is -3.42. The number of carbonyl (C=O) groups excluding carboxylic acids is 2. The predicted octanol–water partition coefficient (Wildman–Crippen LogP) is 2.82. The van der Waals surface area contributed by atoms with Crippen LogP contribution in [0.4, 0.5) is 4.79 Å². The van der Waals surface area contributed by atoms with Gasteiger partial charge < -0.3 is 18.9 Å². The Balaban J connectivity index is 1.26. The molecule has 5 rings (SSSR count). The molecule has 8 heteroatoms. The number of aromatic nitrogens is 3. The summed E-state index contributed by atoms with van der Waals surface area (Å²) >= 11 is 0. The molecule has 4 heterocycles. The molecule has 0 unspecified atom stereocenters. The maximum Gasteiger partial charge on any atom is 0.509 e. The highest BCUT2D eigenvalue weighted by atomic mass is 16.8. The van der Waals surface area contributed by atoms with Crippen molar-refractivity contribution in [1.29, 1.82) is 0 Å². The molecule has 2 aliphatic rings. The van der Waals surface area contributed by atoms with Gasteiger partial charge in [0, 0.05) is 38.7 Å². The Labute approximate surface area is 173 Å². The first-order chi connectivity index (χ1) is 14.6. The minimum atomic E-state index is -0.618. The van der Waals surface area contributed by atoms with Gasteiger partial charge in [-0.15, -0.1) is 0 Å². The summed E-state index contributed by atoms with van der Waals surface area (Å²) in [6.07, 6.45) is 4.82. The minimum Gasteiger partial charge on any atom is -0.430 e. The number of piperidine rings is 1. The van der Waals surface area contributed by atoms with Crippen LogP contribution in [0.5, 0.6) is 0 Å². The van der Waals surface area contributed by atoms with E-state index in [9.17, 15) is 9.59 Å². The lowest BCUT2D eigenvalue weighted by Gasteiger charge is -2.36. The second kappa shape index (κ2) is 7.44. The Morgan fingerprint density at radius 1 is 1.13 bits per heavy atom. The van der Waals surface area contributed by atoms with Crippen LogP contribution in [-0.2, 0) is 22.4 Å². The molecule has 2 fully saturated rings. The van der Waals surface area contributed by atoms with E-state index in [4.69, 9.17) is 9.47 Å². The van der Waals surface area contributed by atoms with Crippen LogP contribution in [0.2, 0.25) is 0 Å². The topological polar surface area (TPSA) is 86.5 Å². The number of rotatable bonds is 4. The standard InChI is InChI=1S/C22H22N4O4/c27-20(25-10-7-22(8-11-25)14-29-21(28)30-22)17-12-18-19(23-13-17)26(15-24-18)9-6-16-4-2-1-3-5-16/h1-5,12-13,15H,6-11,14H2. The lowest BCUT2D eigenvalue weighted by atomic mass is 9.92. The molecule has 30 heavy (non-hydrogen) atoms. The van der Waals surface area contributed by atoms with Crippen molar-refractivity contribution < 1.29 is 19.1 Å². The molecule has 1 spiro atoms. The van der Waals surface area contributed by atoms with Gasteiger partial charge in [0.25, 0.3) is 5.91 Å². The molecule has 0 saturated carbocycles. The van der Waals surface area contributed by atoms with Crippen molar-refractivity contribution in [1.82, 2.24) is 19.4 Å². The monoisotopic (exact) mass is 406 g/mol. The summed E-state index contributed by atoms with van der Waals surface area (Å²) in [7, 11) is 0. The average Bonchev–Trinajstić information content (AvgIpc) is 3.36. The molecule has 8 nitrogen and oxygen atoms in total. The summed E-state index contributed by atoms with van der Waals surface area (Å²) in [4.78, 5) is 34.9. The van der Waals surface area contributed by atoms with Gasteiger partial charge in [0.15, 0.2) is 11.2 Å². The van der Waals surface area contributed by atoms with Gasteiger partial charge in [-0.05, 0) is 18.1 Å². The lowest BCUT2D eigenvalue weighted by Crippen LogP contribution is -2.48. The summed E-state index contributed by atoms with van der Waals surface area (Å²) in [6.45, 7) is 2.07. The fraction of sp³-hybridized carbons (Fsp3) is 0.364. The van der Waals surface area contributed by atoms with Crippen molar-refractivity contribution in [2.75, 3.05) is 19.7 Å². The Kier molecular flexibility index (Phi) is 4.61. The number of ether oxygens (including phenoxy) is 2. The van der Waals surface area contributed by atoms with Crippen molar-refractivity contribution in [3.8, 4) is 0 Å². The van der Waals surface area contributed by atoms with E-state index in [0.717, 1.165) is 18.6 Å². The average molecular weight is 406 g/mol. The molecule has 0 atom stereocenters. The summed E-state index contributed by atoms with van der Waals surface area (Å²) in [5.74, 6) is -0.0803. The van der Waals surface area contributed by atoms with Crippen molar-refractivity contribution in [3.63, 3.8) is 0 Å². The first-order valence-corrected chi connectivity index (χ1v) is 10.1. The number of aryl methyl sites for hydroxylation is 2. The molecule has 2 aromatic heterocycles. The van der Waals surface area contributed by atoms with Gasteiger partial charge in [0.1, 0.15) is 12.1 Å². The van der Waals surface area contributed by atoms with E-state index < -0.39 is 11.8 Å². The van der Waals surface area contributed by atoms with E-state index in [-0.39, 0.29) is 12.5 Å². The van der Waals surface area contributed by atoms with Gasteiger partial charge >= 0.3 is 6.16 Å². The van der Waals surface area contributed by atoms with Crippen LogP contribution in [0, 0.1) is 0 Å². The van der Waals surface area contributed by atoms with Crippen molar-refractivity contribution in [3.05, 3.63) is 60.0 Å². The van der Waals surface area contributed by atoms with Gasteiger partial charge in [-0.2, -0.15) is 0 Å². The highest BCUT2D eigenvalue weighted by Gasteiger charge is 2.45. The highest BCUT2D eigenvalue weighted by molar-refractivity contribution is 5.96. The number of pyridine rings is 1. The number of fused-ring (bicyclic) bond motifs is 1. The van der Waals surface area contributed by atoms with Gasteiger partial charge in [-0.3, -0.25) is 4.79 Å². The van der Waals surface area contributed by atoms with E-state index in [2.05, 4.69) is 22.1 Å². The number of amides is 1. The van der Waals surface area contributed by atoms with Gasteiger partial charge in [0.05, 0.1) is 11.9 Å². The van der Waals surface area contributed by atoms with Crippen LogP contribution in [0.25, 0.3) is 11.2 Å². The molecular formula is C22H22N4O4. The van der Waals surface area contributed by atoms with Crippen molar-refractivity contribution in [2.45, 2.75) is 31.4 Å². The molecule has 2 saturated heterocycles. The minimum absolute atomic E-state index is 0.0803. The van der Waals surface area contributed by atoms with Crippen molar-refractivity contribution >= 4 is 23.2 Å². The molecule has 2 aliphatic heterocycles. The zero-order valence-electron chi connectivity index (χ0n) is 16.5. The molecule has 154 valence electrons. The molecule has 1 aromatic carbocycles. The maximum absolute atomic E-state index is 12.9. The lowest BCUT2D eigenvalue weighted by molar-refractivity contribution is 0.00281. The molecular weight excluding hydrogens is 384 g/mol. The summed E-state index contributed by atoms with van der Waals surface area (Å²) in [6, 6.07) is 12.1. The second-order valence-electron chi connectivity index (χ2n) is 7.86. The normalized spacial score (nSPS) is 17.9. The number of imidazole rings is 1. The van der Waals surface area contributed by atoms with Crippen LogP contribution in [0.3, 0.4) is 0 Å². The number of hydrogen-bond donors (Lipinski definition) is 0. The van der Waals surface area contributed by atoms with Gasteiger partial charge in [0.2, 0.25) is 0 Å². The summed E-state index contributed by atoms with van der Waals surface area (Å²) in [5.41, 5.74) is 2.68. The first-order valence-electron chi connectivity index (χ1n) is 10.1. The van der Waals surface area contributed by atoms with Crippen LogP contribution in [-0.4, -0.2) is 56.8 Å². The number of hydrogen-bond acceptors (Lipinski definition) is 6. The Morgan fingerprint density at radius 3 is 2.67 bits per heavy atom. The largest absolute Gasteiger partial charge is 0.509 e. The summed E-state index contributed by atoms with van der Waals surface area (Å²) < 4.78 is 12.3. The number of carbonyl (C=O) groups is 2. The Bertz CT molecular complexity index is 1090. The second-order valence-corrected chi connectivity index (χ2v) is 7.86. The molecule has 0 aliphatic carbocycles. The fourth-order valence-corrected chi connectivity index (χ4v) is 4.10. The van der Waals surface area contributed by atoms with Crippen LogP contribution in [0.1, 0.15) is 28.8 Å². The number of benzene rings is 1. The van der Waals surface area contributed by atoms with E-state index in [1.54, 1.807) is 23.5 Å². The molecule has 0 bridgehead atoms. The third-order valence-electron chi connectivity index (χ3n) is 5.90. The molecule has 0 N–H and O–H groups in total. The Morgan fingerprint density at radius 2 is 1.93 bits per heavy atom. The quantitative estimate of drug-likeness (QED) is 0.620. The zero-order chi connectivity index (χ0) is 20.6. The fourth-order valence-electron chi connectivity index (χ4n) is 4.10. The third kappa shape index (κ3) is 3.49. The molecule has 3 aromatic rings. The van der Waals surface area contributed by atoms with Crippen LogP contribution >= 0.6 is 0 Å². The number of nitrogens with zero attached hydrogens (tertiary/aromatic N) is 4. The zero-order valence-corrected chi connectivity index (χ0v) is 16.5. The van der Waals surface area contributed by atoms with E-state index in [1.165, 1.54) is 5.56 Å². The molecule has 1 amide bonds. The van der Waals surface area contributed by atoms with E-state index in [0.29, 0.717) is 37.0 Å². The predicted molar refractivity (Wildman–Crippen MR) is 108 cm³/mol. The van der Waals surface area contributed by atoms with Gasteiger partial charge in [-0.1, -0.05) is 30.3 Å². The first kappa shape index (κ1) is 18.6. The summed E-state index contributed by atoms with van der Waals surface area (Å²) in [5, 5.41) is 0. The number of cyclic esters (lactones) is 1. The third-order valence-corrected chi connectivity index (χ3v) is 5.90. The SMILES string of the molecule is O=C1OCC2(CCN(C(=O)c3cnc4c(c3)ncn4CCc3ccccc3)CC2)O1. The van der Waals surface area contributed by atoms with E-state index >= 15 is 0 Å². The molecule has 0 radical (unpaired) electrons. The van der Waals surface area contributed by atoms with Crippen molar-refractivity contribution in [2.24, 2.45) is 0 Å². The maximum atomic E-state index is 12.9. The van der Waals surface area contributed by atoms with Gasteiger partial charge in [-0.25, -0.2) is 14.8 Å². The highest BCUT2D eigenvalue weighted by Crippen LogP contribution is 2.32. The number of likely N-dealkylation sites (tertiary alicyclic amines) is 1. The van der Waals surface area contributed by atoms with Crippen LogP contribution < -0.4 is 0 Å². The smallest absolute Gasteiger partial charge is 0.430 e. The van der Waals surface area contributed by atoms with E-state index in [1.807, 2.05) is 22.8 Å². The van der Waals surface area contributed by atoms with Crippen LogP contribution in [0.15, 0.2) is 48.9 Å².